The van der Waals surface area contributed by atoms with Crippen LogP contribution in [0.3, 0.4) is 0 Å². The predicted octanol–water partition coefficient (Wildman–Crippen LogP) is 2.17. The Hall–Kier alpha value is -1.09. The third kappa shape index (κ3) is 2.19. The highest BCUT2D eigenvalue weighted by molar-refractivity contribution is 5.48. The fourth-order valence-corrected chi connectivity index (χ4v) is 2.46. The van der Waals surface area contributed by atoms with Gasteiger partial charge in [0.05, 0.1) is 5.69 Å². The van der Waals surface area contributed by atoms with E-state index in [1.807, 2.05) is 6.20 Å². The van der Waals surface area contributed by atoms with Crippen molar-refractivity contribution >= 4 is 5.69 Å². The molecule has 88 valence electrons. The van der Waals surface area contributed by atoms with Crippen LogP contribution in [0.25, 0.3) is 0 Å². The molecule has 0 radical (unpaired) electrons. The first-order valence-electron chi connectivity index (χ1n) is 6.14. The number of nitrogens with two attached hydrogens (primary N) is 1. The van der Waals surface area contributed by atoms with E-state index < -0.39 is 0 Å². The van der Waals surface area contributed by atoms with Gasteiger partial charge < -0.3 is 10.6 Å². The molecule has 2 N–H and O–H groups in total. The van der Waals surface area contributed by atoms with Crippen molar-refractivity contribution in [3.05, 3.63) is 24.0 Å². The number of nitrogens with zero attached hydrogens (tertiary/aromatic N) is 2. The minimum atomic E-state index is 0.519. The van der Waals surface area contributed by atoms with Gasteiger partial charge in [-0.05, 0) is 37.8 Å². The fraction of sp³-hybridized carbons (Fsp3) is 0.615. The van der Waals surface area contributed by atoms with Crippen LogP contribution < -0.4 is 10.6 Å². The summed E-state index contributed by atoms with van der Waals surface area (Å²) in [6.07, 6.45) is 4.49. The molecule has 2 atom stereocenters. The molecule has 0 amide bonds. The zero-order chi connectivity index (χ0) is 11.5. The van der Waals surface area contributed by atoms with E-state index in [-0.39, 0.29) is 0 Å². The van der Waals surface area contributed by atoms with Crippen molar-refractivity contribution in [2.45, 2.75) is 39.3 Å². The van der Waals surface area contributed by atoms with E-state index in [1.54, 1.807) is 0 Å². The molecule has 1 fully saturated rings. The van der Waals surface area contributed by atoms with Gasteiger partial charge in [-0.1, -0.05) is 6.92 Å². The Bertz CT molecular complexity index is 351. The lowest BCUT2D eigenvalue weighted by molar-refractivity contribution is 0.363. The summed E-state index contributed by atoms with van der Waals surface area (Å²) in [7, 11) is 0. The second kappa shape index (κ2) is 4.83. The van der Waals surface area contributed by atoms with Crippen LogP contribution in [0.5, 0.6) is 0 Å². The van der Waals surface area contributed by atoms with Crippen molar-refractivity contribution in [1.29, 1.82) is 0 Å². The molecular formula is C13H21N3. The first-order chi connectivity index (χ1) is 7.72. The quantitative estimate of drug-likeness (QED) is 0.829. The zero-order valence-electron chi connectivity index (χ0n) is 10.2. The van der Waals surface area contributed by atoms with Gasteiger partial charge >= 0.3 is 0 Å². The maximum atomic E-state index is 5.63. The van der Waals surface area contributed by atoms with Gasteiger partial charge in [0.1, 0.15) is 0 Å². The number of aromatic nitrogens is 1. The van der Waals surface area contributed by atoms with Gasteiger partial charge in [0, 0.05) is 31.0 Å². The van der Waals surface area contributed by atoms with Crippen molar-refractivity contribution in [2.24, 2.45) is 11.7 Å². The Kier molecular flexibility index (Phi) is 3.44. The topological polar surface area (TPSA) is 42.2 Å². The molecule has 1 aliphatic rings. The van der Waals surface area contributed by atoms with Gasteiger partial charge in [0.25, 0.3) is 0 Å². The molecule has 0 saturated carbocycles. The minimum Gasteiger partial charge on any atom is -0.368 e. The van der Waals surface area contributed by atoms with Gasteiger partial charge in [0.15, 0.2) is 0 Å². The van der Waals surface area contributed by atoms with Crippen LogP contribution in [-0.2, 0) is 6.54 Å². The summed E-state index contributed by atoms with van der Waals surface area (Å²) >= 11 is 0. The van der Waals surface area contributed by atoms with Crippen molar-refractivity contribution in [3.63, 3.8) is 0 Å². The number of rotatable bonds is 2. The van der Waals surface area contributed by atoms with Crippen molar-refractivity contribution in [3.8, 4) is 0 Å². The number of pyridine rings is 1. The zero-order valence-corrected chi connectivity index (χ0v) is 10.2. The molecule has 1 aliphatic heterocycles. The second-order valence-corrected chi connectivity index (χ2v) is 4.76. The van der Waals surface area contributed by atoms with E-state index in [1.165, 1.54) is 18.5 Å². The van der Waals surface area contributed by atoms with Crippen LogP contribution in [0, 0.1) is 5.92 Å². The number of hydrogen-bond donors (Lipinski definition) is 1. The van der Waals surface area contributed by atoms with Crippen molar-refractivity contribution < 1.29 is 0 Å². The highest BCUT2D eigenvalue weighted by atomic mass is 15.2. The van der Waals surface area contributed by atoms with Gasteiger partial charge in [0.2, 0.25) is 0 Å². The molecule has 1 saturated heterocycles. The first kappa shape index (κ1) is 11.4. The average molecular weight is 219 g/mol. The number of anilines is 1. The third-order valence-corrected chi connectivity index (χ3v) is 3.71. The van der Waals surface area contributed by atoms with E-state index in [0.29, 0.717) is 12.6 Å². The number of piperidine rings is 1. The van der Waals surface area contributed by atoms with Crippen LogP contribution in [-0.4, -0.2) is 17.6 Å². The summed E-state index contributed by atoms with van der Waals surface area (Å²) in [6, 6.07) is 4.82. The molecule has 3 heteroatoms. The van der Waals surface area contributed by atoms with E-state index >= 15 is 0 Å². The molecule has 1 aromatic heterocycles. The molecule has 2 rings (SSSR count). The monoisotopic (exact) mass is 219 g/mol. The lowest BCUT2D eigenvalue weighted by Gasteiger charge is -2.39. The van der Waals surface area contributed by atoms with Crippen LogP contribution in [0.15, 0.2) is 18.3 Å². The Morgan fingerprint density at radius 1 is 1.50 bits per heavy atom. The maximum Gasteiger partial charge on any atom is 0.0560 e. The molecule has 16 heavy (non-hydrogen) atoms. The smallest absolute Gasteiger partial charge is 0.0560 e. The molecule has 0 aliphatic carbocycles. The summed E-state index contributed by atoms with van der Waals surface area (Å²) in [5, 5.41) is 0. The summed E-state index contributed by atoms with van der Waals surface area (Å²) in [5.74, 6) is 0.767. The van der Waals surface area contributed by atoms with E-state index in [0.717, 1.165) is 18.2 Å². The Labute approximate surface area is 97.7 Å². The van der Waals surface area contributed by atoms with Crippen LogP contribution in [0.2, 0.25) is 0 Å². The van der Waals surface area contributed by atoms with Crippen molar-refractivity contribution in [1.82, 2.24) is 4.98 Å². The van der Waals surface area contributed by atoms with Gasteiger partial charge in [-0.25, -0.2) is 0 Å². The molecule has 0 spiro atoms. The van der Waals surface area contributed by atoms with E-state index in [4.69, 9.17) is 5.73 Å². The Morgan fingerprint density at radius 2 is 2.31 bits per heavy atom. The van der Waals surface area contributed by atoms with Gasteiger partial charge in [-0.15, -0.1) is 0 Å². The van der Waals surface area contributed by atoms with Gasteiger partial charge in [-0.2, -0.15) is 0 Å². The molecule has 0 aromatic carbocycles. The largest absolute Gasteiger partial charge is 0.368 e. The lowest BCUT2D eigenvalue weighted by Crippen LogP contribution is -2.42. The SMILES string of the molecule is CC1CCCN(c2ccnc(CN)c2)C1C. The van der Waals surface area contributed by atoms with Crippen LogP contribution in [0.1, 0.15) is 32.4 Å². The standard InChI is InChI=1S/C13H21N3/c1-10-4-3-7-16(11(10)2)13-5-6-15-12(8-13)9-14/h5-6,8,10-11H,3-4,7,9,14H2,1-2H3. The summed E-state index contributed by atoms with van der Waals surface area (Å²) in [5.41, 5.74) is 7.88. The summed E-state index contributed by atoms with van der Waals surface area (Å²) in [4.78, 5) is 6.73. The molecular weight excluding hydrogens is 198 g/mol. The van der Waals surface area contributed by atoms with Crippen LogP contribution in [0.4, 0.5) is 5.69 Å². The van der Waals surface area contributed by atoms with Crippen molar-refractivity contribution in [2.75, 3.05) is 11.4 Å². The summed E-state index contributed by atoms with van der Waals surface area (Å²) < 4.78 is 0. The third-order valence-electron chi connectivity index (χ3n) is 3.71. The molecule has 3 nitrogen and oxygen atoms in total. The normalized spacial score (nSPS) is 25.8. The van der Waals surface area contributed by atoms with Gasteiger partial charge in [-0.3, -0.25) is 4.98 Å². The predicted molar refractivity (Wildman–Crippen MR) is 67.3 cm³/mol. The lowest BCUT2D eigenvalue weighted by atomic mass is 9.91. The molecule has 1 aromatic rings. The Morgan fingerprint density at radius 3 is 3.06 bits per heavy atom. The molecule has 2 unspecified atom stereocenters. The highest BCUT2D eigenvalue weighted by Crippen LogP contribution is 2.28. The van der Waals surface area contributed by atoms with E-state index in [9.17, 15) is 0 Å². The molecule has 0 bridgehead atoms. The maximum absolute atomic E-state index is 5.63. The van der Waals surface area contributed by atoms with E-state index in [2.05, 4.69) is 35.9 Å². The second-order valence-electron chi connectivity index (χ2n) is 4.76. The minimum absolute atomic E-state index is 0.519. The number of hydrogen-bond acceptors (Lipinski definition) is 3. The Balaban J connectivity index is 2.21. The molecule has 2 heterocycles. The summed E-state index contributed by atoms with van der Waals surface area (Å²) in [6.45, 7) is 6.32. The van der Waals surface area contributed by atoms with Crippen LogP contribution >= 0.6 is 0 Å². The highest BCUT2D eigenvalue weighted by Gasteiger charge is 2.24. The first-order valence-corrected chi connectivity index (χ1v) is 6.14. The fourth-order valence-electron chi connectivity index (χ4n) is 2.46. The average Bonchev–Trinajstić information content (AvgIpc) is 2.33.